The molecule has 1 aromatic heterocycles. The minimum atomic E-state index is -0.206. The normalized spacial score (nSPS) is 13.1. The van der Waals surface area contributed by atoms with E-state index in [4.69, 9.17) is 4.65 Å². The fourth-order valence-corrected chi connectivity index (χ4v) is 6.77. The summed E-state index contributed by atoms with van der Waals surface area (Å²) in [6.07, 6.45) is 0. The van der Waals surface area contributed by atoms with Crippen molar-refractivity contribution in [1.82, 2.24) is 4.57 Å². The van der Waals surface area contributed by atoms with Crippen molar-refractivity contribution in [3.05, 3.63) is 140 Å². The largest absolute Gasteiger partial charge is 0.551 e. The van der Waals surface area contributed by atoms with Crippen LogP contribution in [0.1, 0.15) is 0 Å². The van der Waals surface area contributed by atoms with E-state index in [1.165, 1.54) is 44.0 Å². The molecule has 0 saturated carbocycles. The predicted octanol–water partition coefficient (Wildman–Crippen LogP) is 7.73. The van der Waals surface area contributed by atoms with Crippen molar-refractivity contribution in [1.29, 1.82) is 0 Å². The monoisotopic (exact) mass is 510 g/mol. The van der Waals surface area contributed by atoms with Crippen LogP contribution in [0.2, 0.25) is 0 Å². The fraction of sp³-hybridized carbons (Fsp3) is 0. The zero-order valence-electron chi connectivity index (χ0n) is 21.7. The smallest absolute Gasteiger partial charge is 0.431 e. The Hall–Kier alpha value is -5.22. The average molecular weight is 510 g/mol. The summed E-state index contributed by atoms with van der Waals surface area (Å²) in [5.41, 5.74) is 11.8. The number of benzene rings is 6. The molecule has 0 bridgehead atoms. The third kappa shape index (κ3) is 2.85. The summed E-state index contributed by atoms with van der Waals surface area (Å²) in [5.74, 6) is 0.922. The molecule has 186 valence electrons. The maximum atomic E-state index is 6.88. The molecule has 0 N–H and O–H groups in total. The molecule has 2 aliphatic rings. The van der Waals surface area contributed by atoms with E-state index in [1.807, 2.05) is 0 Å². The molecule has 0 unspecified atom stereocenters. The van der Waals surface area contributed by atoms with Crippen LogP contribution in [-0.2, 0) is 0 Å². The van der Waals surface area contributed by atoms with E-state index in [2.05, 4.69) is 149 Å². The lowest BCUT2D eigenvalue weighted by atomic mass is 9.49. The lowest BCUT2D eigenvalue weighted by Crippen LogP contribution is -2.56. The molecule has 7 aromatic rings. The van der Waals surface area contributed by atoms with Gasteiger partial charge in [0.1, 0.15) is 5.75 Å². The molecule has 0 saturated heterocycles. The molecule has 0 radical (unpaired) electrons. The molecule has 0 fully saturated rings. The Balaban J connectivity index is 1.52. The number of aromatic nitrogens is 1. The molecule has 0 spiro atoms. The van der Waals surface area contributed by atoms with E-state index < -0.39 is 0 Å². The fourth-order valence-electron chi connectivity index (χ4n) is 6.77. The molecule has 6 aromatic carbocycles. The lowest BCUT2D eigenvalue weighted by Gasteiger charge is -2.40. The van der Waals surface area contributed by atoms with Gasteiger partial charge in [0.2, 0.25) is 0 Å². The van der Waals surface area contributed by atoms with Crippen molar-refractivity contribution in [2.45, 2.75) is 0 Å². The van der Waals surface area contributed by atoms with Gasteiger partial charge in [-0.15, -0.1) is 0 Å². The van der Waals surface area contributed by atoms with Gasteiger partial charge >= 0.3 is 6.92 Å². The van der Waals surface area contributed by atoms with Gasteiger partial charge in [-0.25, -0.2) is 0 Å². The first kappa shape index (κ1) is 21.7. The van der Waals surface area contributed by atoms with Gasteiger partial charge in [0.15, 0.2) is 0 Å². The molecule has 2 aliphatic heterocycles. The van der Waals surface area contributed by atoms with Crippen LogP contribution in [0.4, 0.5) is 17.1 Å². The first-order valence-electron chi connectivity index (χ1n) is 13.7. The van der Waals surface area contributed by atoms with Gasteiger partial charge in [-0.05, 0) is 54.0 Å². The SMILES string of the molecule is c1ccc(N2c3ccccc3B3Oc4ccccc4-c4c3c2cc2c3ccccc3n(-c3ccccc3)c42)cc1. The van der Waals surface area contributed by atoms with Gasteiger partial charge in [0.25, 0.3) is 0 Å². The highest BCUT2D eigenvalue weighted by atomic mass is 16.4. The van der Waals surface area contributed by atoms with Gasteiger partial charge < -0.3 is 14.1 Å². The standard InChI is InChI=1S/C36H23BN2O/c1-3-13-24(14-4-1)38-31-21-11-9-19-29(31)37-35-32(38)23-28-26-17-7-10-20-30(26)39(25-15-5-2-6-16-25)36(28)34(35)27-18-8-12-22-33(27)40-37/h1-23H. The minimum absolute atomic E-state index is 0.206. The molecule has 9 rings (SSSR count). The Kier molecular flexibility index (Phi) is 4.41. The van der Waals surface area contributed by atoms with Crippen LogP contribution in [-0.4, -0.2) is 11.5 Å². The first-order valence-corrected chi connectivity index (χ1v) is 13.7. The van der Waals surface area contributed by atoms with Crippen molar-refractivity contribution in [3.8, 4) is 22.6 Å². The number of anilines is 3. The molecule has 40 heavy (non-hydrogen) atoms. The van der Waals surface area contributed by atoms with E-state index in [1.54, 1.807) is 0 Å². The van der Waals surface area contributed by atoms with Crippen LogP contribution >= 0.6 is 0 Å². The number of hydrogen-bond donors (Lipinski definition) is 0. The molecule has 3 heterocycles. The number of fused-ring (bicyclic) bond motifs is 8. The first-order chi connectivity index (χ1) is 19.9. The molecular formula is C36H23BN2O. The summed E-state index contributed by atoms with van der Waals surface area (Å²) in [6.45, 7) is -0.206. The zero-order chi connectivity index (χ0) is 26.2. The van der Waals surface area contributed by atoms with Crippen LogP contribution in [0, 0.1) is 0 Å². The second kappa shape index (κ2) is 8.14. The molecule has 0 aliphatic carbocycles. The zero-order valence-corrected chi connectivity index (χ0v) is 21.7. The van der Waals surface area contributed by atoms with Crippen molar-refractivity contribution in [2.24, 2.45) is 0 Å². The van der Waals surface area contributed by atoms with E-state index >= 15 is 0 Å². The third-order valence-corrected chi connectivity index (χ3v) is 8.37. The second-order valence-corrected chi connectivity index (χ2v) is 10.5. The second-order valence-electron chi connectivity index (χ2n) is 10.5. The number of hydrogen-bond acceptors (Lipinski definition) is 2. The molecule has 3 nitrogen and oxygen atoms in total. The maximum absolute atomic E-state index is 6.88. The maximum Gasteiger partial charge on any atom is 0.431 e. The topological polar surface area (TPSA) is 17.4 Å². The Bertz CT molecular complexity index is 2100. The van der Waals surface area contributed by atoms with Crippen molar-refractivity contribution in [3.63, 3.8) is 0 Å². The van der Waals surface area contributed by atoms with Gasteiger partial charge in [-0.3, -0.25) is 0 Å². The number of para-hydroxylation sites is 5. The summed E-state index contributed by atoms with van der Waals surface area (Å²) < 4.78 is 9.32. The highest BCUT2D eigenvalue weighted by molar-refractivity contribution is 6.86. The Morgan fingerprint density at radius 2 is 1.23 bits per heavy atom. The average Bonchev–Trinajstić information content (AvgIpc) is 3.36. The van der Waals surface area contributed by atoms with E-state index in [-0.39, 0.29) is 6.92 Å². The van der Waals surface area contributed by atoms with Crippen LogP contribution in [0.5, 0.6) is 5.75 Å². The van der Waals surface area contributed by atoms with Crippen molar-refractivity contribution >= 4 is 56.7 Å². The minimum Gasteiger partial charge on any atom is -0.551 e. The van der Waals surface area contributed by atoms with E-state index in [0.29, 0.717) is 0 Å². The Labute approximate surface area is 232 Å². The summed E-state index contributed by atoms with van der Waals surface area (Å²) in [7, 11) is 0. The lowest BCUT2D eigenvalue weighted by molar-refractivity contribution is 0.590. The Morgan fingerprint density at radius 1 is 0.550 bits per heavy atom. The highest BCUT2D eigenvalue weighted by Gasteiger charge is 2.43. The van der Waals surface area contributed by atoms with E-state index in [0.717, 1.165) is 28.4 Å². The summed E-state index contributed by atoms with van der Waals surface area (Å²) in [4.78, 5) is 2.41. The molecule has 0 atom stereocenters. The Morgan fingerprint density at radius 3 is 2.08 bits per heavy atom. The van der Waals surface area contributed by atoms with Gasteiger partial charge in [0, 0.05) is 50.1 Å². The quantitative estimate of drug-likeness (QED) is 0.222. The van der Waals surface area contributed by atoms with Gasteiger partial charge in [0.05, 0.1) is 11.0 Å². The summed E-state index contributed by atoms with van der Waals surface area (Å²) in [6, 6.07) is 49.8. The van der Waals surface area contributed by atoms with Crippen LogP contribution < -0.4 is 20.5 Å². The summed E-state index contributed by atoms with van der Waals surface area (Å²) in [5, 5.41) is 2.48. The number of nitrogens with zero attached hydrogens (tertiary/aromatic N) is 2. The van der Waals surface area contributed by atoms with E-state index in [9.17, 15) is 0 Å². The highest BCUT2D eigenvalue weighted by Crippen LogP contribution is 2.48. The molecular weight excluding hydrogens is 487 g/mol. The third-order valence-electron chi connectivity index (χ3n) is 8.37. The van der Waals surface area contributed by atoms with Crippen LogP contribution in [0.3, 0.4) is 0 Å². The predicted molar refractivity (Wildman–Crippen MR) is 167 cm³/mol. The van der Waals surface area contributed by atoms with Gasteiger partial charge in [-0.1, -0.05) is 91.0 Å². The van der Waals surface area contributed by atoms with Crippen LogP contribution in [0.15, 0.2) is 140 Å². The molecule has 4 heteroatoms. The number of rotatable bonds is 2. The van der Waals surface area contributed by atoms with Crippen LogP contribution in [0.25, 0.3) is 38.6 Å². The van der Waals surface area contributed by atoms with Crippen molar-refractivity contribution in [2.75, 3.05) is 4.90 Å². The van der Waals surface area contributed by atoms with Crippen molar-refractivity contribution < 1.29 is 4.65 Å². The molecule has 0 amide bonds. The summed E-state index contributed by atoms with van der Waals surface area (Å²) >= 11 is 0. The van der Waals surface area contributed by atoms with Gasteiger partial charge in [-0.2, -0.15) is 0 Å².